The highest BCUT2D eigenvalue weighted by molar-refractivity contribution is 7.90. The zero-order valence-corrected chi connectivity index (χ0v) is 11.4. The molecule has 1 heterocycles. The van der Waals surface area contributed by atoms with E-state index in [0.717, 1.165) is 11.1 Å². The largest absolute Gasteiger partial charge is 0.330 e. The normalized spacial score (nSPS) is 31.7. The van der Waals surface area contributed by atoms with Gasteiger partial charge in [-0.1, -0.05) is 6.07 Å². The molecule has 1 saturated carbocycles. The summed E-state index contributed by atoms with van der Waals surface area (Å²) in [5, 5.41) is 9.00. The molecule has 0 radical (unpaired) electrons. The summed E-state index contributed by atoms with van der Waals surface area (Å²) in [7, 11) is -1.78. The van der Waals surface area contributed by atoms with E-state index in [1.807, 2.05) is 6.07 Å². The molecule has 2 aliphatic rings. The van der Waals surface area contributed by atoms with Gasteiger partial charge in [-0.3, -0.25) is 0 Å². The van der Waals surface area contributed by atoms with Gasteiger partial charge in [-0.2, -0.15) is 9.57 Å². The van der Waals surface area contributed by atoms with Gasteiger partial charge in [0.15, 0.2) is 0 Å². The van der Waals surface area contributed by atoms with Crippen LogP contribution in [-0.4, -0.2) is 26.3 Å². The van der Waals surface area contributed by atoms with Gasteiger partial charge in [0, 0.05) is 13.6 Å². The molecule has 2 atom stereocenters. The molecule has 1 aliphatic heterocycles. The molecule has 1 fully saturated rings. The lowest BCUT2D eigenvalue weighted by Crippen LogP contribution is -2.42. The van der Waals surface area contributed by atoms with Crippen molar-refractivity contribution >= 4 is 10.0 Å². The van der Waals surface area contributed by atoms with E-state index in [1.54, 1.807) is 19.2 Å². The fraction of sp³-hybridized carbons (Fsp3) is 0.462. The summed E-state index contributed by atoms with van der Waals surface area (Å²) in [6.07, 6.45) is 0.554. The van der Waals surface area contributed by atoms with Crippen molar-refractivity contribution in [2.75, 3.05) is 13.6 Å². The molecule has 19 heavy (non-hydrogen) atoms. The van der Waals surface area contributed by atoms with E-state index in [-0.39, 0.29) is 5.92 Å². The Labute approximate surface area is 112 Å². The predicted octanol–water partition coefficient (Wildman–Crippen LogP) is 0.507. The highest BCUT2D eigenvalue weighted by Gasteiger charge is 2.67. The van der Waals surface area contributed by atoms with Crippen LogP contribution in [-0.2, 0) is 21.3 Å². The van der Waals surface area contributed by atoms with Crippen molar-refractivity contribution in [1.82, 2.24) is 4.31 Å². The minimum absolute atomic E-state index is 0.0482. The fourth-order valence-electron chi connectivity index (χ4n) is 3.15. The maximum atomic E-state index is 12.6. The molecule has 0 aromatic heterocycles. The summed E-state index contributed by atoms with van der Waals surface area (Å²) in [6.45, 7) is 0.714. The summed E-state index contributed by atoms with van der Waals surface area (Å²) < 4.78 is 25.7. The molecule has 1 aliphatic carbocycles. The summed E-state index contributed by atoms with van der Waals surface area (Å²) in [4.78, 5) is 0. The zero-order valence-electron chi connectivity index (χ0n) is 10.6. The van der Waals surface area contributed by atoms with E-state index in [1.165, 1.54) is 4.31 Å². The van der Waals surface area contributed by atoms with Crippen LogP contribution in [0.25, 0.3) is 0 Å². The molecule has 1 aromatic carbocycles. The molecule has 100 valence electrons. The highest BCUT2D eigenvalue weighted by Crippen LogP contribution is 2.61. The second-order valence-corrected chi connectivity index (χ2v) is 7.57. The molecule has 2 N–H and O–H groups in total. The van der Waals surface area contributed by atoms with E-state index in [0.29, 0.717) is 25.1 Å². The van der Waals surface area contributed by atoms with E-state index >= 15 is 0 Å². The Kier molecular flexibility index (Phi) is 2.52. The molecule has 0 saturated heterocycles. The lowest BCUT2D eigenvalue weighted by Gasteiger charge is -2.33. The maximum Gasteiger partial charge on any atom is 0.224 e. The molecule has 2 unspecified atom stereocenters. The van der Waals surface area contributed by atoms with Crippen molar-refractivity contribution in [2.45, 2.75) is 17.7 Å². The zero-order chi connectivity index (χ0) is 13.8. The third kappa shape index (κ3) is 1.43. The first-order chi connectivity index (χ1) is 8.97. The topological polar surface area (TPSA) is 87.2 Å². The third-order valence-corrected chi connectivity index (χ3v) is 6.88. The molecule has 0 amide bonds. The van der Waals surface area contributed by atoms with E-state index in [2.05, 4.69) is 6.07 Å². The molecule has 1 aromatic rings. The van der Waals surface area contributed by atoms with Crippen LogP contribution in [0.3, 0.4) is 0 Å². The average Bonchev–Trinajstić information content (AvgIpc) is 3.13. The molecular formula is C13H15N3O2S. The Morgan fingerprint density at radius 3 is 2.89 bits per heavy atom. The van der Waals surface area contributed by atoms with E-state index in [9.17, 15) is 8.42 Å². The summed E-state index contributed by atoms with van der Waals surface area (Å²) in [6, 6.07) is 7.38. The highest BCUT2D eigenvalue weighted by atomic mass is 32.2. The fourth-order valence-corrected chi connectivity index (χ4v) is 5.41. The predicted molar refractivity (Wildman–Crippen MR) is 70.4 cm³/mol. The van der Waals surface area contributed by atoms with Crippen LogP contribution in [0.15, 0.2) is 18.2 Å². The molecule has 5 nitrogen and oxygen atoms in total. The van der Waals surface area contributed by atoms with Crippen LogP contribution < -0.4 is 5.73 Å². The lowest BCUT2D eigenvalue weighted by molar-refractivity contribution is 0.432. The standard InChI is InChI=1S/C13H15N3O2S/c1-16-8-10-3-2-9(6-14)4-12(10)13(19(16,17)18)5-11(13)7-15/h2-4,11H,5,7-8,15H2,1H3. The van der Waals surface area contributed by atoms with Crippen LogP contribution in [0.1, 0.15) is 23.1 Å². The molecular weight excluding hydrogens is 262 g/mol. The first-order valence-corrected chi connectivity index (χ1v) is 7.61. The van der Waals surface area contributed by atoms with Gasteiger partial charge in [-0.25, -0.2) is 8.42 Å². The van der Waals surface area contributed by atoms with Crippen molar-refractivity contribution in [3.8, 4) is 6.07 Å². The first-order valence-electron chi connectivity index (χ1n) is 6.17. The van der Waals surface area contributed by atoms with Crippen molar-refractivity contribution < 1.29 is 8.42 Å². The number of sulfonamides is 1. The van der Waals surface area contributed by atoms with Gasteiger partial charge in [0.25, 0.3) is 0 Å². The van der Waals surface area contributed by atoms with Gasteiger partial charge in [-0.05, 0) is 42.1 Å². The van der Waals surface area contributed by atoms with Crippen LogP contribution >= 0.6 is 0 Å². The molecule has 1 spiro atoms. The number of hydrogen-bond donors (Lipinski definition) is 1. The van der Waals surface area contributed by atoms with Gasteiger partial charge in [0.1, 0.15) is 4.75 Å². The van der Waals surface area contributed by atoms with Gasteiger partial charge in [0.05, 0.1) is 11.6 Å². The Morgan fingerprint density at radius 2 is 2.32 bits per heavy atom. The summed E-state index contributed by atoms with van der Waals surface area (Å²) in [5.41, 5.74) is 7.94. The monoisotopic (exact) mass is 277 g/mol. The Hall–Kier alpha value is -1.42. The quantitative estimate of drug-likeness (QED) is 0.810. The third-order valence-electron chi connectivity index (χ3n) is 4.29. The minimum Gasteiger partial charge on any atom is -0.330 e. The Balaban J connectivity index is 2.26. The molecule has 0 bridgehead atoms. The summed E-state index contributed by atoms with van der Waals surface area (Å²) >= 11 is 0. The van der Waals surface area contributed by atoms with Gasteiger partial charge >= 0.3 is 0 Å². The number of nitrogens with zero attached hydrogens (tertiary/aromatic N) is 2. The minimum atomic E-state index is -3.38. The molecule has 3 rings (SSSR count). The number of hydrogen-bond acceptors (Lipinski definition) is 4. The van der Waals surface area contributed by atoms with Crippen LogP contribution in [0.2, 0.25) is 0 Å². The Bertz CT molecular complexity index is 692. The smallest absolute Gasteiger partial charge is 0.224 e. The number of nitriles is 1. The van der Waals surface area contributed by atoms with Crippen LogP contribution in [0.5, 0.6) is 0 Å². The number of nitrogens with two attached hydrogens (primary N) is 1. The second-order valence-electron chi connectivity index (χ2n) is 5.27. The molecule has 6 heteroatoms. The SMILES string of the molecule is CN1Cc2ccc(C#N)cc2C2(CC2CN)S1(=O)=O. The van der Waals surface area contributed by atoms with Crippen LogP contribution in [0, 0.1) is 17.2 Å². The van der Waals surface area contributed by atoms with Gasteiger partial charge in [-0.15, -0.1) is 0 Å². The summed E-state index contributed by atoms with van der Waals surface area (Å²) in [5.74, 6) is -0.0482. The number of fused-ring (bicyclic) bond motifs is 2. The van der Waals surface area contributed by atoms with Gasteiger partial charge in [0.2, 0.25) is 10.0 Å². The second kappa shape index (κ2) is 3.79. The first kappa shape index (κ1) is 12.6. The van der Waals surface area contributed by atoms with E-state index < -0.39 is 14.8 Å². The lowest BCUT2D eigenvalue weighted by atomic mass is 9.98. The number of benzene rings is 1. The average molecular weight is 277 g/mol. The Morgan fingerprint density at radius 1 is 1.58 bits per heavy atom. The maximum absolute atomic E-state index is 12.6. The van der Waals surface area contributed by atoms with Crippen molar-refractivity contribution in [3.05, 3.63) is 34.9 Å². The van der Waals surface area contributed by atoms with Crippen LogP contribution in [0.4, 0.5) is 0 Å². The number of rotatable bonds is 1. The van der Waals surface area contributed by atoms with Gasteiger partial charge < -0.3 is 5.73 Å². The van der Waals surface area contributed by atoms with Crippen molar-refractivity contribution in [3.63, 3.8) is 0 Å². The van der Waals surface area contributed by atoms with E-state index in [4.69, 9.17) is 11.0 Å². The van der Waals surface area contributed by atoms with Crippen molar-refractivity contribution in [2.24, 2.45) is 11.7 Å². The van der Waals surface area contributed by atoms with Crippen molar-refractivity contribution in [1.29, 1.82) is 5.26 Å².